The molecule has 1 aliphatic rings. The number of nitrogens with one attached hydrogen (secondary N) is 1. The van der Waals surface area contributed by atoms with Gasteiger partial charge in [0.25, 0.3) is 0 Å². The summed E-state index contributed by atoms with van der Waals surface area (Å²) in [5.41, 5.74) is -0.324. The topological polar surface area (TPSA) is 48.0 Å². The zero-order chi connectivity index (χ0) is 14.5. The van der Waals surface area contributed by atoms with Gasteiger partial charge in [0, 0.05) is 45.3 Å². The zero-order valence-electron chi connectivity index (χ0n) is 13.1. The fourth-order valence-electron chi connectivity index (χ4n) is 2.23. The monoisotopic (exact) mass is 273 g/mol. The molecule has 1 rings (SSSR count). The van der Waals surface area contributed by atoms with Crippen LogP contribution in [-0.2, 0) is 4.74 Å². The molecule has 0 radical (unpaired) electrons. The van der Waals surface area contributed by atoms with Crippen LogP contribution in [0.1, 0.15) is 34.6 Å². The zero-order valence-corrected chi connectivity index (χ0v) is 13.1. The minimum Gasteiger partial charge on any atom is -0.356 e. The van der Waals surface area contributed by atoms with Crippen molar-refractivity contribution in [3.05, 3.63) is 0 Å². The van der Waals surface area contributed by atoms with Crippen molar-refractivity contribution < 1.29 is 9.84 Å². The molecule has 0 aromatic heterocycles. The van der Waals surface area contributed by atoms with Crippen LogP contribution < -0.4 is 5.32 Å². The normalized spacial score (nSPS) is 21.0. The van der Waals surface area contributed by atoms with Gasteiger partial charge in [-0.3, -0.25) is 15.1 Å². The van der Waals surface area contributed by atoms with E-state index in [4.69, 9.17) is 4.74 Å². The predicted molar refractivity (Wildman–Crippen MR) is 78.0 cm³/mol. The summed E-state index contributed by atoms with van der Waals surface area (Å²) in [5, 5.41) is 12.7. The van der Waals surface area contributed by atoms with Gasteiger partial charge < -0.3 is 9.84 Å². The molecule has 0 bridgehead atoms. The van der Waals surface area contributed by atoms with Crippen molar-refractivity contribution in [1.29, 1.82) is 0 Å². The Labute approximate surface area is 117 Å². The third kappa shape index (κ3) is 7.22. The van der Waals surface area contributed by atoms with Crippen molar-refractivity contribution in [2.45, 2.75) is 52.7 Å². The first-order valence-electron chi connectivity index (χ1n) is 7.33. The van der Waals surface area contributed by atoms with Gasteiger partial charge in [-0.15, -0.1) is 0 Å². The number of aliphatic hydroxyl groups excluding tert-OH is 1. The molecule has 1 unspecified atom stereocenters. The molecule has 19 heavy (non-hydrogen) atoms. The van der Waals surface area contributed by atoms with E-state index >= 15 is 0 Å². The van der Waals surface area contributed by atoms with E-state index in [0.29, 0.717) is 6.04 Å². The fraction of sp³-hybridized carbons (Fsp3) is 1.00. The highest BCUT2D eigenvalue weighted by Gasteiger charge is 2.19. The van der Waals surface area contributed by atoms with Crippen LogP contribution in [0.3, 0.4) is 0 Å². The van der Waals surface area contributed by atoms with Crippen molar-refractivity contribution in [3.63, 3.8) is 0 Å². The van der Waals surface area contributed by atoms with Crippen molar-refractivity contribution >= 4 is 0 Å². The van der Waals surface area contributed by atoms with E-state index in [-0.39, 0.29) is 5.60 Å². The summed E-state index contributed by atoms with van der Waals surface area (Å²) in [6.45, 7) is 16.5. The molecule has 1 saturated heterocycles. The van der Waals surface area contributed by atoms with E-state index in [1.807, 2.05) is 20.8 Å². The van der Waals surface area contributed by atoms with Gasteiger partial charge in [-0.2, -0.15) is 0 Å². The molecule has 2 N–H and O–H groups in total. The van der Waals surface area contributed by atoms with Gasteiger partial charge in [0.1, 0.15) is 0 Å². The highest BCUT2D eigenvalue weighted by molar-refractivity contribution is 4.74. The van der Waals surface area contributed by atoms with Gasteiger partial charge in [0.2, 0.25) is 6.41 Å². The maximum absolute atomic E-state index is 9.67. The average molecular weight is 273 g/mol. The Hall–Kier alpha value is -0.200. The molecule has 0 saturated carbocycles. The van der Waals surface area contributed by atoms with Crippen LogP contribution in [0.5, 0.6) is 0 Å². The Kier molecular flexibility index (Phi) is 6.69. The predicted octanol–water partition coefficient (Wildman–Crippen LogP) is 0.693. The molecule has 0 aliphatic carbocycles. The Bertz CT molecular complexity index is 246. The van der Waals surface area contributed by atoms with E-state index in [9.17, 15) is 5.11 Å². The highest BCUT2D eigenvalue weighted by atomic mass is 16.6. The second-order valence-corrected chi connectivity index (χ2v) is 6.51. The lowest BCUT2D eigenvalue weighted by molar-refractivity contribution is -0.181. The molecule has 1 aliphatic heterocycles. The molecule has 5 nitrogen and oxygen atoms in total. The number of hydrogen-bond acceptors (Lipinski definition) is 5. The quantitative estimate of drug-likeness (QED) is 0.698. The molecule has 1 atom stereocenters. The maximum Gasteiger partial charge on any atom is 0.214 e. The number of piperazine rings is 1. The lowest BCUT2D eigenvalue weighted by Crippen LogP contribution is -2.50. The first-order valence-corrected chi connectivity index (χ1v) is 7.33. The van der Waals surface area contributed by atoms with Gasteiger partial charge in [-0.05, 0) is 34.6 Å². The summed E-state index contributed by atoms with van der Waals surface area (Å²) in [6, 6.07) is 0.641. The molecule has 1 heterocycles. The summed E-state index contributed by atoms with van der Waals surface area (Å²) < 4.78 is 5.39. The Morgan fingerprint density at radius 2 is 1.74 bits per heavy atom. The summed E-state index contributed by atoms with van der Waals surface area (Å²) >= 11 is 0. The average Bonchev–Trinajstić information content (AvgIpc) is 2.27. The summed E-state index contributed by atoms with van der Waals surface area (Å²) in [6.07, 6.45) is -0.878. The van der Waals surface area contributed by atoms with Gasteiger partial charge in [-0.1, -0.05) is 0 Å². The van der Waals surface area contributed by atoms with Crippen LogP contribution in [-0.4, -0.2) is 72.2 Å². The van der Waals surface area contributed by atoms with Crippen LogP contribution >= 0.6 is 0 Å². The smallest absolute Gasteiger partial charge is 0.214 e. The van der Waals surface area contributed by atoms with Crippen LogP contribution in [0.4, 0.5) is 0 Å². The van der Waals surface area contributed by atoms with Crippen molar-refractivity contribution in [1.82, 2.24) is 15.1 Å². The van der Waals surface area contributed by atoms with Crippen molar-refractivity contribution in [3.8, 4) is 0 Å². The number of aliphatic hydroxyl groups is 1. The lowest BCUT2D eigenvalue weighted by atomic mass is 10.2. The van der Waals surface area contributed by atoms with Crippen molar-refractivity contribution in [2.75, 3.05) is 39.3 Å². The van der Waals surface area contributed by atoms with Crippen LogP contribution in [0.15, 0.2) is 0 Å². The van der Waals surface area contributed by atoms with Crippen LogP contribution in [0.2, 0.25) is 0 Å². The molecule has 0 amide bonds. The van der Waals surface area contributed by atoms with Gasteiger partial charge in [0.05, 0.1) is 5.60 Å². The Morgan fingerprint density at radius 1 is 1.16 bits per heavy atom. The molecular formula is C14H31N3O2. The first kappa shape index (κ1) is 16.9. The third-order valence-corrected chi connectivity index (χ3v) is 3.35. The standard InChI is InChI=1S/C14H31N3O2/c1-12(2)17-10-8-16(9-11-17)7-6-15-13(18)19-14(3,4)5/h12-13,15,18H,6-11H2,1-5H3. The molecule has 1 fully saturated rings. The minimum atomic E-state index is -0.878. The summed E-state index contributed by atoms with van der Waals surface area (Å²) in [5.74, 6) is 0. The SMILES string of the molecule is CC(C)N1CCN(CCNC(O)OC(C)(C)C)CC1. The van der Waals surface area contributed by atoms with Crippen molar-refractivity contribution in [2.24, 2.45) is 0 Å². The highest BCUT2D eigenvalue weighted by Crippen LogP contribution is 2.08. The Morgan fingerprint density at radius 3 is 2.21 bits per heavy atom. The second-order valence-electron chi connectivity index (χ2n) is 6.51. The van der Waals surface area contributed by atoms with Gasteiger partial charge in [0.15, 0.2) is 0 Å². The first-order chi connectivity index (χ1) is 8.78. The molecule has 114 valence electrons. The van der Waals surface area contributed by atoms with Crippen LogP contribution in [0, 0.1) is 0 Å². The number of nitrogens with zero attached hydrogens (tertiary/aromatic N) is 2. The third-order valence-electron chi connectivity index (χ3n) is 3.35. The molecule has 0 aromatic carbocycles. The molecule has 0 spiro atoms. The minimum absolute atomic E-state index is 0.324. The van der Waals surface area contributed by atoms with E-state index in [1.165, 1.54) is 0 Å². The fourth-order valence-corrected chi connectivity index (χ4v) is 2.23. The summed E-state index contributed by atoms with van der Waals surface area (Å²) in [7, 11) is 0. The molecule has 0 aromatic rings. The second kappa shape index (κ2) is 7.55. The van der Waals surface area contributed by atoms with Gasteiger partial charge in [-0.25, -0.2) is 0 Å². The summed E-state index contributed by atoms with van der Waals surface area (Å²) in [4.78, 5) is 4.93. The Balaban J connectivity index is 2.11. The maximum atomic E-state index is 9.67. The molecule has 5 heteroatoms. The largest absolute Gasteiger partial charge is 0.356 e. The van der Waals surface area contributed by atoms with Gasteiger partial charge >= 0.3 is 0 Å². The number of ether oxygens (including phenoxy) is 1. The number of hydrogen-bond donors (Lipinski definition) is 2. The van der Waals surface area contributed by atoms with E-state index in [0.717, 1.165) is 39.3 Å². The van der Waals surface area contributed by atoms with E-state index in [1.54, 1.807) is 0 Å². The van der Waals surface area contributed by atoms with E-state index < -0.39 is 6.41 Å². The lowest BCUT2D eigenvalue weighted by Gasteiger charge is -2.37. The number of rotatable bonds is 6. The van der Waals surface area contributed by atoms with Crippen LogP contribution in [0.25, 0.3) is 0 Å². The van der Waals surface area contributed by atoms with E-state index in [2.05, 4.69) is 29.0 Å². The molecular weight excluding hydrogens is 242 g/mol.